The standard InChI is InChI=1S/C10H10ClNOS/c11-9-6-3-1-2-4-8(6)14-10(9)7(12)5-13/h1-4,7,13H,5,12H2. The van der Waals surface area contributed by atoms with Gasteiger partial charge in [-0.3, -0.25) is 0 Å². The Bertz CT molecular complexity index is 454. The summed E-state index contributed by atoms with van der Waals surface area (Å²) in [7, 11) is 0. The molecule has 1 heterocycles. The Hall–Kier alpha value is -0.610. The van der Waals surface area contributed by atoms with Crippen LogP contribution in [0.2, 0.25) is 5.02 Å². The number of rotatable bonds is 2. The minimum atomic E-state index is -0.375. The van der Waals surface area contributed by atoms with Gasteiger partial charge in [0.1, 0.15) is 0 Å². The number of aliphatic hydroxyl groups is 1. The number of benzene rings is 1. The summed E-state index contributed by atoms with van der Waals surface area (Å²) >= 11 is 7.69. The van der Waals surface area contributed by atoms with Gasteiger partial charge in [0.2, 0.25) is 0 Å². The third-order valence-corrected chi connectivity index (χ3v) is 3.92. The Morgan fingerprint density at radius 3 is 2.79 bits per heavy atom. The van der Waals surface area contributed by atoms with E-state index in [-0.39, 0.29) is 12.6 Å². The summed E-state index contributed by atoms with van der Waals surface area (Å²) in [6, 6.07) is 7.49. The van der Waals surface area contributed by atoms with Crippen LogP contribution in [0.15, 0.2) is 24.3 Å². The van der Waals surface area contributed by atoms with E-state index in [4.69, 9.17) is 22.4 Å². The molecule has 0 spiro atoms. The van der Waals surface area contributed by atoms with Crippen molar-refractivity contribution >= 4 is 33.0 Å². The van der Waals surface area contributed by atoms with Crippen LogP contribution >= 0.6 is 22.9 Å². The molecule has 74 valence electrons. The SMILES string of the molecule is NC(CO)c1sc2ccccc2c1Cl. The maximum absolute atomic E-state index is 8.96. The Balaban J connectivity index is 2.62. The normalized spacial score (nSPS) is 13.4. The molecule has 0 fully saturated rings. The van der Waals surface area contributed by atoms with Crippen molar-refractivity contribution in [1.82, 2.24) is 0 Å². The molecule has 0 saturated heterocycles. The fraction of sp³-hybridized carbons (Fsp3) is 0.200. The molecule has 2 aromatic rings. The number of aliphatic hydroxyl groups excluding tert-OH is 1. The maximum atomic E-state index is 8.96. The van der Waals surface area contributed by atoms with Gasteiger partial charge in [-0.15, -0.1) is 11.3 Å². The largest absolute Gasteiger partial charge is 0.394 e. The molecule has 2 rings (SSSR count). The van der Waals surface area contributed by atoms with Crippen LogP contribution in [0.4, 0.5) is 0 Å². The van der Waals surface area contributed by atoms with Crippen LogP contribution in [0.3, 0.4) is 0 Å². The van der Waals surface area contributed by atoms with Crippen LogP contribution in [0, 0.1) is 0 Å². The van der Waals surface area contributed by atoms with Gasteiger partial charge in [0, 0.05) is 15.0 Å². The highest BCUT2D eigenvalue weighted by Gasteiger charge is 2.14. The lowest BCUT2D eigenvalue weighted by Gasteiger charge is -2.04. The Labute approximate surface area is 90.9 Å². The van der Waals surface area contributed by atoms with Crippen molar-refractivity contribution in [3.63, 3.8) is 0 Å². The summed E-state index contributed by atoms with van der Waals surface area (Å²) in [5.74, 6) is 0. The molecule has 0 aliphatic heterocycles. The zero-order chi connectivity index (χ0) is 10.1. The van der Waals surface area contributed by atoms with Crippen LogP contribution in [0.5, 0.6) is 0 Å². The van der Waals surface area contributed by atoms with Gasteiger partial charge >= 0.3 is 0 Å². The lowest BCUT2D eigenvalue weighted by atomic mass is 10.2. The summed E-state index contributed by atoms with van der Waals surface area (Å²) in [6.45, 7) is -0.0768. The van der Waals surface area contributed by atoms with Crippen molar-refractivity contribution in [2.45, 2.75) is 6.04 Å². The highest BCUT2D eigenvalue weighted by Crippen LogP contribution is 2.37. The first-order chi connectivity index (χ1) is 6.74. The second-order valence-electron chi connectivity index (χ2n) is 3.07. The monoisotopic (exact) mass is 227 g/mol. The summed E-state index contributed by atoms with van der Waals surface area (Å²) in [4.78, 5) is 0.857. The van der Waals surface area contributed by atoms with Gasteiger partial charge in [0.25, 0.3) is 0 Å². The summed E-state index contributed by atoms with van der Waals surface area (Å²) < 4.78 is 1.11. The minimum absolute atomic E-state index is 0.0768. The molecule has 3 N–H and O–H groups in total. The van der Waals surface area contributed by atoms with Crippen LogP contribution in [-0.4, -0.2) is 11.7 Å². The Kier molecular flexibility index (Phi) is 2.74. The quantitative estimate of drug-likeness (QED) is 0.828. The predicted octanol–water partition coefficient (Wildman–Crippen LogP) is 2.55. The highest BCUT2D eigenvalue weighted by atomic mass is 35.5. The molecule has 1 aromatic heterocycles. The van der Waals surface area contributed by atoms with Gasteiger partial charge in [-0.25, -0.2) is 0 Å². The van der Waals surface area contributed by atoms with Gasteiger partial charge < -0.3 is 10.8 Å². The van der Waals surface area contributed by atoms with E-state index < -0.39 is 0 Å². The molecule has 0 radical (unpaired) electrons. The van der Waals surface area contributed by atoms with Gasteiger partial charge in [-0.1, -0.05) is 29.8 Å². The molecule has 0 aliphatic carbocycles. The minimum Gasteiger partial charge on any atom is -0.394 e. The van der Waals surface area contributed by atoms with Crippen LogP contribution in [0.1, 0.15) is 10.9 Å². The number of hydrogen-bond donors (Lipinski definition) is 2. The molecule has 1 aromatic carbocycles. The molecular weight excluding hydrogens is 218 g/mol. The van der Waals surface area contributed by atoms with E-state index in [1.807, 2.05) is 24.3 Å². The Morgan fingerprint density at radius 2 is 2.14 bits per heavy atom. The molecule has 0 amide bonds. The van der Waals surface area contributed by atoms with E-state index in [0.29, 0.717) is 5.02 Å². The molecule has 0 bridgehead atoms. The van der Waals surface area contributed by atoms with Gasteiger partial charge in [0.05, 0.1) is 17.7 Å². The number of halogens is 1. The van der Waals surface area contributed by atoms with E-state index in [0.717, 1.165) is 15.0 Å². The smallest absolute Gasteiger partial charge is 0.0640 e. The topological polar surface area (TPSA) is 46.2 Å². The van der Waals surface area contributed by atoms with Crippen molar-refractivity contribution in [2.24, 2.45) is 5.73 Å². The second-order valence-corrected chi connectivity index (χ2v) is 4.53. The fourth-order valence-corrected chi connectivity index (χ4v) is 2.92. The lowest BCUT2D eigenvalue weighted by molar-refractivity contribution is 0.269. The highest BCUT2D eigenvalue weighted by molar-refractivity contribution is 7.19. The summed E-state index contributed by atoms with van der Waals surface area (Å²) in [6.07, 6.45) is 0. The van der Waals surface area contributed by atoms with E-state index in [1.54, 1.807) is 0 Å². The first kappa shape index (κ1) is 9.93. The predicted molar refractivity (Wildman–Crippen MR) is 60.8 cm³/mol. The van der Waals surface area contributed by atoms with E-state index in [9.17, 15) is 0 Å². The van der Waals surface area contributed by atoms with Crippen LogP contribution < -0.4 is 5.73 Å². The molecule has 2 nitrogen and oxygen atoms in total. The van der Waals surface area contributed by atoms with Gasteiger partial charge in [-0.2, -0.15) is 0 Å². The molecule has 14 heavy (non-hydrogen) atoms. The van der Waals surface area contributed by atoms with E-state index in [2.05, 4.69) is 0 Å². The fourth-order valence-electron chi connectivity index (χ4n) is 1.35. The third kappa shape index (κ3) is 1.53. The van der Waals surface area contributed by atoms with E-state index >= 15 is 0 Å². The molecule has 0 aliphatic rings. The zero-order valence-electron chi connectivity index (χ0n) is 7.40. The van der Waals surface area contributed by atoms with Gasteiger partial charge in [-0.05, 0) is 6.07 Å². The van der Waals surface area contributed by atoms with Crippen molar-refractivity contribution in [3.05, 3.63) is 34.2 Å². The second kappa shape index (κ2) is 3.87. The Morgan fingerprint density at radius 1 is 1.43 bits per heavy atom. The van der Waals surface area contributed by atoms with Crippen molar-refractivity contribution in [2.75, 3.05) is 6.61 Å². The number of nitrogens with two attached hydrogens (primary N) is 1. The number of fused-ring (bicyclic) bond motifs is 1. The first-order valence-corrected chi connectivity index (χ1v) is 5.47. The third-order valence-electron chi connectivity index (χ3n) is 2.09. The average Bonchev–Trinajstić information content (AvgIpc) is 2.56. The first-order valence-electron chi connectivity index (χ1n) is 4.27. The molecule has 1 atom stereocenters. The lowest BCUT2D eigenvalue weighted by Crippen LogP contribution is -2.13. The summed E-state index contributed by atoms with van der Waals surface area (Å²) in [5.41, 5.74) is 5.73. The zero-order valence-corrected chi connectivity index (χ0v) is 8.98. The molecule has 1 unspecified atom stereocenters. The average molecular weight is 228 g/mol. The number of hydrogen-bond acceptors (Lipinski definition) is 3. The van der Waals surface area contributed by atoms with Crippen molar-refractivity contribution in [1.29, 1.82) is 0 Å². The van der Waals surface area contributed by atoms with Gasteiger partial charge in [0.15, 0.2) is 0 Å². The number of thiophene rings is 1. The van der Waals surface area contributed by atoms with Crippen LogP contribution in [-0.2, 0) is 0 Å². The molecule has 4 heteroatoms. The van der Waals surface area contributed by atoms with E-state index in [1.165, 1.54) is 11.3 Å². The van der Waals surface area contributed by atoms with Crippen molar-refractivity contribution in [3.8, 4) is 0 Å². The molecular formula is C10H10ClNOS. The maximum Gasteiger partial charge on any atom is 0.0640 e. The molecule has 0 saturated carbocycles. The van der Waals surface area contributed by atoms with Crippen molar-refractivity contribution < 1.29 is 5.11 Å². The summed E-state index contributed by atoms with van der Waals surface area (Å²) in [5, 5.41) is 10.6. The van der Waals surface area contributed by atoms with Crippen LogP contribution in [0.25, 0.3) is 10.1 Å².